The number of carbonyl (C=O) groups is 1. The van der Waals surface area contributed by atoms with Crippen LogP contribution in [0, 0.1) is 6.92 Å². The summed E-state index contributed by atoms with van der Waals surface area (Å²) in [4.78, 5) is 18.3. The first-order chi connectivity index (χ1) is 9.51. The molecule has 112 valence electrons. The minimum Gasteiger partial charge on any atom is -0.383 e. The van der Waals surface area contributed by atoms with Crippen LogP contribution in [0.5, 0.6) is 0 Å². The number of rotatable bonds is 8. The van der Waals surface area contributed by atoms with Gasteiger partial charge in [0, 0.05) is 37.5 Å². The van der Waals surface area contributed by atoms with Gasteiger partial charge in [0.15, 0.2) is 0 Å². The van der Waals surface area contributed by atoms with Crippen molar-refractivity contribution in [3.05, 3.63) is 29.6 Å². The minimum absolute atomic E-state index is 0.0313. The van der Waals surface area contributed by atoms with Crippen LogP contribution in [0.25, 0.3) is 0 Å². The molecule has 0 aliphatic heterocycles. The SMILES string of the molecule is COCCN(C)CC(=O)NC(C)Cc1cccc(C)n1. The van der Waals surface area contributed by atoms with Gasteiger partial charge in [0.1, 0.15) is 0 Å². The van der Waals surface area contributed by atoms with E-state index in [4.69, 9.17) is 4.74 Å². The Morgan fingerprint density at radius 3 is 2.90 bits per heavy atom. The van der Waals surface area contributed by atoms with E-state index in [1.807, 2.05) is 44.0 Å². The Morgan fingerprint density at radius 1 is 1.50 bits per heavy atom. The first-order valence-corrected chi connectivity index (χ1v) is 6.90. The zero-order chi connectivity index (χ0) is 15.0. The second-order valence-electron chi connectivity index (χ2n) is 5.17. The molecule has 5 heteroatoms. The average Bonchev–Trinajstić information content (AvgIpc) is 2.35. The highest BCUT2D eigenvalue weighted by Crippen LogP contribution is 2.02. The molecule has 5 nitrogen and oxygen atoms in total. The van der Waals surface area contributed by atoms with Crippen LogP contribution >= 0.6 is 0 Å². The van der Waals surface area contributed by atoms with Gasteiger partial charge in [-0.15, -0.1) is 0 Å². The van der Waals surface area contributed by atoms with E-state index in [1.165, 1.54) is 0 Å². The van der Waals surface area contributed by atoms with Crippen molar-refractivity contribution in [3.8, 4) is 0 Å². The van der Waals surface area contributed by atoms with Crippen LogP contribution in [-0.4, -0.2) is 55.7 Å². The topological polar surface area (TPSA) is 54.5 Å². The van der Waals surface area contributed by atoms with Gasteiger partial charge in [-0.3, -0.25) is 14.7 Å². The molecule has 1 amide bonds. The van der Waals surface area contributed by atoms with Crippen LogP contribution < -0.4 is 5.32 Å². The van der Waals surface area contributed by atoms with Crippen LogP contribution in [0.4, 0.5) is 0 Å². The number of nitrogens with zero attached hydrogens (tertiary/aromatic N) is 2. The maximum absolute atomic E-state index is 11.9. The Morgan fingerprint density at radius 2 is 2.25 bits per heavy atom. The Hall–Kier alpha value is -1.46. The summed E-state index contributed by atoms with van der Waals surface area (Å²) in [6, 6.07) is 6.02. The summed E-state index contributed by atoms with van der Waals surface area (Å²) in [6.07, 6.45) is 0.745. The number of ether oxygens (including phenoxy) is 1. The van der Waals surface area contributed by atoms with Crippen molar-refractivity contribution in [1.29, 1.82) is 0 Å². The largest absolute Gasteiger partial charge is 0.383 e. The maximum Gasteiger partial charge on any atom is 0.234 e. The molecule has 0 fully saturated rings. The molecule has 1 heterocycles. The molecule has 0 spiro atoms. The number of aromatic nitrogens is 1. The number of aryl methyl sites for hydroxylation is 1. The Bertz CT molecular complexity index is 423. The van der Waals surface area contributed by atoms with E-state index in [0.29, 0.717) is 13.2 Å². The van der Waals surface area contributed by atoms with Crippen molar-refractivity contribution in [2.24, 2.45) is 0 Å². The van der Waals surface area contributed by atoms with Crippen LogP contribution in [0.1, 0.15) is 18.3 Å². The number of likely N-dealkylation sites (N-methyl/N-ethyl adjacent to an activating group) is 1. The lowest BCUT2D eigenvalue weighted by Gasteiger charge is -2.18. The first-order valence-electron chi connectivity index (χ1n) is 6.90. The summed E-state index contributed by atoms with van der Waals surface area (Å²) >= 11 is 0. The van der Waals surface area contributed by atoms with E-state index in [1.54, 1.807) is 7.11 Å². The lowest BCUT2D eigenvalue weighted by Crippen LogP contribution is -2.41. The summed E-state index contributed by atoms with van der Waals surface area (Å²) in [5.74, 6) is 0.0313. The predicted octanol–water partition coefficient (Wildman–Crippen LogP) is 1.02. The number of methoxy groups -OCH3 is 1. The molecule has 1 aromatic rings. The lowest BCUT2D eigenvalue weighted by atomic mass is 10.1. The third-order valence-electron chi connectivity index (χ3n) is 2.96. The zero-order valence-electron chi connectivity index (χ0n) is 12.8. The molecule has 0 aromatic carbocycles. The van der Waals surface area contributed by atoms with E-state index in [0.717, 1.165) is 24.4 Å². The molecule has 20 heavy (non-hydrogen) atoms. The number of nitrogens with one attached hydrogen (secondary N) is 1. The van der Waals surface area contributed by atoms with Gasteiger partial charge in [0.25, 0.3) is 0 Å². The molecule has 1 rings (SSSR count). The van der Waals surface area contributed by atoms with Crippen LogP contribution in [0.3, 0.4) is 0 Å². The zero-order valence-corrected chi connectivity index (χ0v) is 12.8. The fourth-order valence-electron chi connectivity index (χ4n) is 1.97. The minimum atomic E-state index is 0.0313. The normalized spacial score (nSPS) is 12.4. The molecule has 0 saturated carbocycles. The molecule has 0 aliphatic carbocycles. The molecule has 1 atom stereocenters. The molecule has 1 unspecified atom stereocenters. The molecule has 0 saturated heterocycles. The van der Waals surface area contributed by atoms with Crippen molar-refractivity contribution in [3.63, 3.8) is 0 Å². The van der Waals surface area contributed by atoms with E-state index in [2.05, 4.69) is 10.3 Å². The third-order valence-corrected chi connectivity index (χ3v) is 2.96. The van der Waals surface area contributed by atoms with Crippen LogP contribution in [-0.2, 0) is 16.0 Å². The van der Waals surface area contributed by atoms with Gasteiger partial charge in [-0.2, -0.15) is 0 Å². The molecule has 0 radical (unpaired) electrons. The molecular formula is C15H25N3O2. The van der Waals surface area contributed by atoms with E-state index < -0.39 is 0 Å². The summed E-state index contributed by atoms with van der Waals surface area (Å²) in [6.45, 7) is 5.73. The third kappa shape index (κ3) is 6.63. The number of pyridine rings is 1. The highest BCUT2D eigenvalue weighted by atomic mass is 16.5. The molecule has 1 aromatic heterocycles. The number of amides is 1. The van der Waals surface area contributed by atoms with Crippen molar-refractivity contribution in [2.75, 3.05) is 33.9 Å². The fourth-order valence-corrected chi connectivity index (χ4v) is 1.97. The highest BCUT2D eigenvalue weighted by Gasteiger charge is 2.11. The Labute approximate surface area is 121 Å². The van der Waals surface area contributed by atoms with Crippen molar-refractivity contribution in [2.45, 2.75) is 26.3 Å². The number of carbonyl (C=O) groups excluding carboxylic acids is 1. The summed E-state index contributed by atoms with van der Waals surface area (Å²) in [5.41, 5.74) is 2.01. The van der Waals surface area contributed by atoms with Crippen molar-refractivity contribution < 1.29 is 9.53 Å². The second kappa shape index (κ2) is 8.66. The quantitative estimate of drug-likeness (QED) is 0.772. The molecule has 0 aliphatic rings. The van der Waals surface area contributed by atoms with Gasteiger partial charge in [0.05, 0.1) is 13.2 Å². The summed E-state index contributed by atoms with van der Waals surface area (Å²) in [5, 5.41) is 2.99. The molecular weight excluding hydrogens is 254 g/mol. The van der Waals surface area contributed by atoms with Crippen LogP contribution in [0.2, 0.25) is 0 Å². The average molecular weight is 279 g/mol. The first kappa shape index (κ1) is 16.6. The molecule has 0 bridgehead atoms. The van der Waals surface area contributed by atoms with Crippen molar-refractivity contribution in [1.82, 2.24) is 15.2 Å². The summed E-state index contributed by atoms with van der Waals surface area (Å²) < 4.78 is 4.98. The standard InChI is InChI=1S/C15H25N3O2/c1-12-6-5-7-14(16-12)10-13(2)17-15(19)11-18(3)8-9-20-4/h5-7,13H,8-11H2,1-4H3,(H,17,19). The Balaban J connectivity index is 2.34. The highest BCUT2D eigenvalue weighted by molar-refractivity contribution is 5.78. The van der Waals surface area contributed by atoms with E-state index in [9.17, 15) is 4.79 Å². The number of hydrogen-bond acceptors (Lipinski definition) is 4. The van der Waals surface area contributed by atoms with Gasteiger partial charge < -0.3 is 10.1 Å². The van der Waals surface area contributed by atoms with Gasteiger partial charge in [-0.25, -0.2) is 0 Å². The predicted molar refractivity (Wildman–Crippen MR) is 79.7 cm³/mol. The van der Waals surface area contributed by atoms with Gasteiger partial charge in [-0.1, -0.05) is 6.07 Å². The van der Waals surface area contributed by atoms with Gasteiger partial charge >= 0.3 is 0 Å². The Kier molecular flexibility index (Phi) is 7.18. The fraction of sp³-hybridized carbons (Fsp3) is 0.600. The second-order valence-corrected chi connectivity index (χ2v) is 5.17. The molecule has 1 N–H and O–H groups in total. The van der Waals surface area contributed by atoms with Gasteiger partial charge in [-0.05, 0) is 33.0 Å². The van der Waals surface area contributed by atoms with Gasteiger partial charge in [0.2, 0.25) is 5.91 Å². The van der Waals surface area contributed by atoms with Crippen molar-refractivity contribution >= 4 is 5.91 Å². The lowest BCUT2D eigenvalue weighted by molar-refractivity contribution is -0.122. The number of hydrogen-bond donors (Lipinski definition) is 1. The summed E-state index contributed by atoms with van der Waals surface area (Å²) in [7, 11) is 3.57. The van der Waals surface area contributed by atoms with E-state index in [-0.39, 0.29) is 11.9 Å². The smallest absolute Gasteiger partial charge is 0.234 e. The van der Waals surface area contributed by atoms with E-state index >= 15 is 0 Å². The van der Waals surface area contributed by atoms with Crippen LogP contribution in [0.15, 0.2) is 18.2 Å². The monoisotopic (exact) mass is 279 g/mol. The maximum atomic E-state index is 11.9.